The molecule has 2 aromatic carbocycles. The van der Waals surface area contributed by atoms with Gasteiger partial charge in [0.2, 0.25) is 0 Å². The quantitative estimate of drug-likeness (QED) is 0.632. The van der Waals surface area contributed by atoms with Gasteiger partial charge in [-0.25, -0.2) is 0 Å². The highest BCUT2D eigenvalue weighted by molar-refractivity contribution is 7.99. The molecule has 24 heavy (non-hydrogen) atoms. The first kappa shape index (κ1) is 17.4. The molecular weight excluding hydrogens is 334 g/mol. The minimum absolute atomic E-state index is 0.224. The number of hydrogen-bond donors (Lipinski definition) is 1. The third-order valence-electron chi connectivity index (χ3n) is 3.04. The van der Waals surface area contributed by atoms with Gasteiger partial charge in [-0.1, -0.05) is 23.9 Å². The summed E-state index contributed by atoms with van der Waals surface area (Å²) in [4.78, 5) is 33.4. The molecule has 124 valence electrons. The standard InChI is InChI=1S/C15H13N3O5S/c1-2-16-15(19)11-5-3-4-6-13(11)24-14-8-7-10(17(20)21)9-12(14)18(22)23/h3-9H,2H2,1H3,(H,16,19). The molecule has 0 bridgehead atoms. The average Bonchev–Trinajstić information content (AvgIpc) is 2.55. The van der Waals surface area contributed by atoms with E-state index in [1.807, 2.05) is 0 Å². The van der Waals surface area contributed by atoms with E-state index in [9.17, 15) is 25.0 Å². The second kappa shape index (κ2) is 7.55. The van der Waals surface area contributed by atoms with Crippen LogP contribution in [0.15, 0.2) is 52.3 Å². The molecule has 2 aromatic rings. The second-order valence-corrected chi connectivity index (χ2v) is 5.71. The van der Waals surface area contributed by atoms with Crippen LogP contribution in [-0.2, 0) is 0 Å². The summed E-state index contributed by atoms with van der Waals surface area (Å²) in [5.41, 5.74) is -0.347. The Balaban J connectivity index is 2.43. The minimum atomic E-state index is -0.690. The van der Waals surface area contributed by atoms with Gasteiger partial charge in [0.05, 0.1) is 26.4 Å². The molecule has 0 radical (unpaired) electrons. The number of non-ortho nitro benzene ring substituents is 1. The lowest BCUT2D eigenvalue weighted by molar-refractivity contribution is -0.396. The first-order valence-corrected chi connectivity index (χ1v) is 7.73. The number of nitro benzene ring substituents is 2. The lowest BCUT2D eigenvalue weighted by Crippen LogP contribution is -2.23. The van der Waals surface area contributed by atoms with Gasteiger partial charge in [0.25, 0.3) is 17.3 Å². The first-order chi connectivity index (χ1) is 11.4. The van der Waals surface area contributed by atoms with Gasteiger partial charge < -0.3 is 5.32 Å². The summed E-state index contributed by atoms with van der Waals surface area (Å²) >= 11 is 1.02. The summed E-state index contributed by atoms with van der Waals surface area (Å²) in [6.07, 6.45) is 0. The largest absolute Gasteiger partial charge is 0.352 e. The van der Waals surface area contributed by atoms with E-state index in [0.717, 1.165) is 17.8 Å². The molecule has 9 heteroatoms. The zero-order chi connectivity index (χ0) is 17.7. The van der Waals surface area contributed by atoms with Gasteiger partial charge in [-0.05, 0) is 25.1 Å². The molecule has 0 fully saturated rings. The van der Waals surface area contributed by atoms with E-state index < -0.39 is 9.85 Å². The van der Waals surface area contributed by atoms with Gasteiger partial charge in [0.1, 0.15) is 0 Å². The lowest BCUT2D eigenvalue weighted by atomic mass is 10.2. The summed E-state index contributed by atoms with van der Waals surface area (Å²) < 4.78 is 0. The average molecular weight is 347 g/mol. The Morgan fingerprint density at radius 1 is 1.08 bits per heavy atom. The van der Waals surface area contributed by atoms with Gasteiger partial charge >= 0.3 is 0 Å². The molecule has 0 spiro atoms. The van der Waals surface area contributed by atoms with Crippen molar-refractivity contribution < 1.29 is 14.6 Å². The molecule has 0 aliphatic heterocycles. The van der Waals surface area contributed by atoms with Crippen LogP contribution in [0.25, 0.3) is 0 Å². The summed E-state index contributed by atoms with van der Waals surface area (Å²) in [7, 11) is 0. The predicted molar refractivity (Wildman–Crippen MR) is 88.3 cm³/mol. The SMILES string of the molecule is CCNC(=O)c1ccccc1Sc1ccc([N+](=O)[O-])cc1[N+](=O)[O-]. The number of nitrogens with zero attached hydrogens (tertiary/aromatic N) is 2. The Hall–Kier alpha value is -2.94. The van der Waals surface area contributed by atoms with Crippen molar-refractivity contribution in [3.8, 4) is 0 Å². The van der Waals surface area contributed by atoms with Gasteiger partial charge in [0.15, 0.2) is 0 Å². The topological polar surface area (TPSA) is 115 Å². The van der Waals surface area contributed by atoms with Crippen molar-refractivity contribution in [3.63, 3.8) is 0 Å². The minimum Gasteiger partial charge on any atom is -0.352 e. The Bertz CT molecular complexity index is 809. The Labute approximate surface area is 141 Å². The maximum absolute atomic E-state index is 12.1. The maximum atomic E-state index is 12.1. The highest BCUT2D eigenvalue weighted by Crippen LogP contribution is 2.38. The van der Waals surface area contributed by atoms with Gasteiger partial charge in [-0.15, -0.1) is 0 Å². The van der Waals surface area contributed by atoms with Gasteiger partial charge in [-0.3, -0.25) is 25.0 Å². The van der Waals surface area contributed by atoms with Crippen LogP contribution in [0, 0.1) is 20.2 Å². The van der Waals surface area contributed by atoms with E-state index in [1.165, 1.54) is 12.1 Å². The number of nitrogens with one attached hydrogen (secondary N) is 1. The fourth-order valence-electron chi connectivity index (χ4n) is 1.97. The molecule has 0 aromatic heterocycles. The zero-order valence-electron chi connectivity index (χ0n) is 12.6. The number of carbonyl (C=O) groups is 1. The van der Waals surface area contributed by atoms with E-state index in [-0.39, 0.29) is 22.2 Å². The fourth-order valence-corrected chi connectivity index (χ4v) is 2.99. The lowest BCUT2D eigenvalue weighted by Gasteiger charge is -2.09. The Morgan fingerprint density at radius 2 is 1.79 bits per heavy atom. The maximum Gasteiger partial charge on any atom is 0.290 e. The zero-order valence-corrected chi connectivity index (χ0v) is 13.4. The van der Waals surface area contributed by atoms with Gasteiger partial charge in [0, 0.05) is 17.5 Å². The Kier molecular flexibility index (Phi) is 5.48. The highest BCUT2D eigenvalue weighted by Gasteiger charge is 2.21. The van der Waals surface area contributed by atoms with Crippen LogP contribution in [0.3, 0.4) is 0 Å². The summed E-state index contributed by atoms with van der Waals surface area (Å²) in [6, 6.07) is 10.1. The highest BCUT2D eigenvalue weighted by atomic mass is 32.2. The van der Waals surface area contributed by atoms with Crippen LogP contribution in [-0.4, -0.2) is 22.3 Å². The predicted octanol–water partition coefficient (Wildman–Crippen LogP) is 3.40. The number of amides is 1. The van der Waals surface area contributed by atoms with E-state index in [1.54, 1.807) is 31.2 Å². The molecule has 0 aliphatic rings. The van der Waals surface area contributed by atoms with Gasteiger partial charge in [-0.2, -0.15) is 0 Å². The van der Waals surface area contributed by atoms with Crippen molar-refractivity contribution in [2.75, 3.05) is 6.54 Å². The molecule has 0 heterocycles. The van der Waals surface area contributed by atoms with Crippen LogP contribution in [0.5, 0.6) is 0 Å². The normalized spacial score (nSPS) is 10.2. The second-order valence-electron chi connectivity index (χ2n) is 4.62. The van der Waals surface area contributed by atoms with Crippen molar-refractivity contribution >= 4 is 29.0 Å². The monoisotopic (exact) mass is 347 g/mol. The number of nitro groups is 2. The van der Waals surface area contributed by atoms with Crippen molar-refractivity contribution in [1.29, 1.82) is 0 Å². The smallest absolute Gasteiger partial charge is 0.290 e. The summed E-state index contributed by atoms with van der Waals surface area (Å²) in [5, 5.41) is 24.7. The molecule has 2 rings (SSSR count). The van der Waals surface area contributed by atoms with Crippen molar-refractivity contribution in [2.45, 2.75) is 16.7 Å². The molecule has 1 N–H and O–H groups in total. The van der Waals surface area contributed by atoms with Crippen molar-refractivity contribution in [1.82, 2.24) is 5.32 Å². The van der Waals surface area contributed by atoms with Crippen LogP contribution >= 0.6 is 11.8 Å². The molecule has 0 saturated carbocycles. The number of hydrogen-bond acceptors (Lipinski definition) is 6. The molecule has 0 saturated heterocycles. The van der Waals surface area contributed by atoms with E-state index >= 15 is 0 Å². The third kappa shape index (κ3) is 3.87. The molecule has 0 aliphatic carbocycles. The number of carbonyl (C=O) groups excluding carboxylic acids is 1. The molecule has 0 atom stereocenters. The van der Waals surface area contributed by atoms with Crippen molar-refractivity contribution in [3.05, 3.63) is 68.3 Å². The summed E-state index contributed by atoms with van der Waals surface area (Å²) in [6.45, 7) is 2.24. The number of rotatable bonds is 6. The first-order valence-electron chi connectivity index (χ1n) is 6.92. The van der Waals surface area contributed by atoms with Crippen LogP contribution in [0.1, 0.15) is 17.3 Å². The van der Waals surface area contributed by atoms with Crippen LogP contribution in [0.2, 0.25) is 0 Å². The Morgan fingerprint density at radius 3 is 2.42 bits per heavy atom. The van der Waals surface area contributed by atoms with Crippen molar-refractivity contribution in [2.24, 2.45) is 0 Å². The molecule has 0 unspecified atom stereocenters. The molecular formula is C15H13N3O5S. The van der Waals surface area contributed by atoms with E-state index in [0.29, 0.717) is 17.0 Å². The van der Waals surface area contributed by atoms with E-state index in [4.69, 9.17) is 0 Å². The molecule has 8 nitrogen and oxygen atoms in total. The molecule has 1 amide bonds. The van der Waals surface area contributed by atoms with Crippen LogP contribution in [0.4, 0.5) is 11.4 Å². The fraction of sp³-hybridized carbons (Fsp3) is 0.133. The third-order valence-corrected chi connectivity index (χ3v) is 4.18. The van der Waals surface area contributed by atoms with E-state index in [2.05, 4.69) is 5.32 Å². The number of benzene rings is 2. The summed E-state index contributed by atoms with van der Waals surface area (Å²) in [5.74, 6) is -0.287. The van der Waals surface area contributed by atoms with Crippen LogP contribution < -0.4 is 5.32 Å².